The summed E-state index contributed by atoms with van der Waals surface area (Å²) in [6.07, 6.45) is 1.40. The van der Waals surface area contributed by atoms with E-state index in [2.05, 4.69) is 10.6 Å². The Kier molecular flexibility index (Phi) is 4.21. The van der Waals surface area contributed by atoms with Crippen molar-refractivity contribution in [3.05, 3.63) is 58.1 Å². The van der Waals surface area contributed by atoms with Crippen molar-refractivity contribution in [3.63, 3.8) is 0 Å². The van der Waals surface area contributed by atoms with E-state index in [0.29, 0.717) is 34.8 Å². The van der Waals surface area contributed by atoms with Gasteiger partial charge in [0.15, 0.2) is 0 Å². The first-order valence-corrected chi connectivity index (χ1v) is 7.64. The number of halogens is 1. The summed E-state index contributed by atoms with van der Waals surface area (Å²) in [5.74, 6) is -0.516. The second-order valence-electron chi connectivity index (χ2n) is 5.31. The Bertz CT molecular complexity index is 789. The predicted octanol–water partition coefficient (Wildman–Crippen LogP) is 2.97. The molecule has 0 atom stereocenters. The molecule has 0 radical (unpaired) electrons. The van der Waals surface area contributed by atoms with Gasteiger partial charge in [-0.15, -0.1) is 0 Å². The average Bonchev–Trinajstić information content (AvgIpc) is 2.82. The van der Waals surface area contributed by atoms with Crippen LogP contribution in [0, 0.1) is 0 Å². The highest BCUT2D eigenvalue weighted by atomic mass is 35.5. The van der Waals surface area contributed by atoms with Crippen LogP contribution in [-0.2, 0) is 6.42 Å². The van der Waals surface area contributed by atoms with Gasteiger partial charge in [-0.2, -0.15) is 0 Å². The summed E-state index contributed by atoms with van der Waals surface area (Å²) in [6.45, 7) is 0.601. The highest BCUT2D eigenvalue weighted by Gasteiger charge is 2.28. The lowest BCUT2D eigenvalue weighted by Gasteiger charge is -2.10. The van der Waals surface area contributed by atoms with Crippen LogP contribution in [0.15, 0.2) is 36.4 Å². The summed E-state index contributed by atoms with van der Waals surface area (Å²) in [4.78, 5) is 23.4. The van der Waals surface area contributed by atoms with Gasteiger partial charge < -0.3 is 10.4 Å². The molecule has 2 aromatic carbocycles. The van der Waals surface area contributed by atoms with Crippen LogP contribution in [0.4, 0.5) is 5.69 Å². The SMILES string of the molecule is O=C1NC(=O)c2c(NCCCc3cc(Cl)ccc3O)cccc21. The lowest BCUT2D eigenvalue weighted by atomic mass is 10.1. The Morgan fingerprint density at radius 3 is 2.78 bits per heavy atom. The van der Waals surface area contributed by atoms with Gasteiger partial charge in [0.25, 0.3) is 11.8 Å². The number of aryl methyl sites for hydroxylation is 1. The smallest absolute Gasteiger partial charge is 0.261 e. The van der Waals surface area contributed by atoms with E-state index < -0.39 is 0 Å². The molecular formula is C17H15ClN2O3. The lowest BCUT2D eigenvalue weighted by Crippen LogP contribution is -2.20. The average molecular weight is 331 g/mol. The quantitative estimate of drug-likeness (QED) is 0.581. The summed E-state index contributed by atoms with van der Waals surface area (Å²) < 4.78 is 0. The molecule has 0 saturated carbocycles. The molecule has 5 nitrogen and oxygen atoms in total. The van der Waals surface area contributed by atoms with E-state index in [1.54, 1.807) is 36.4 Å². The summed E-state index contributed by atoms with van der Waals surface area (Å²) in [6, 6.07) is 10.1. The van der Waals surface area contributed by atoms with Gasteiger partial charge in [-0.05, 0) is 48.7 Å². The van der Waals surface area contributed by atoms with Gasteiger partial charge in [-0.3, -0.25) is 14.9 Å². The van der Waals surface area contributed by atoms with Crippen LogP contribution >= 0.6 is 11.6 Å². The van der Waals surface area contributed by atoms with Crippen molar-refractivity contribution >= 4 is 29.1 Å². The Labute approximate surface area is 138 Å². The highest BCUT2D eigenvalue weighted by molar-refractivity contribution is 6.30. The second kappa shape index (κ2) is 6.30. The first kappa shape index (κ1) is 15.4. The zero-order valence-electron chi connectivity index (χ0n) is 12.2. The molecule has 3 rings (SSSR count). The molecule has 0 aliphatic carbocycles. The standard InChI is InChI=1S/C17H15ClN2O3/c18-11-6-7-14(21)10(9-11)3-2-8-19-13-5-1-4-12-15(13)17(23)20-16(12)22/h1,4-7,9,19,21H,2-3,8H2,(H,20,22,23). The topological polar surface area (TPSA) is 78.4 Å². The van der Waals surface area contributed by atoms with Crippen molar-refractivity contribution in [1.29, 1.82) is 0 Å². The first-order valence-electron chi connectivity index (χ1n) is 7.26. The molecule has 0 aromatic heterocycles. The van der Waals surface area contributed by atoms with Crippen LogP contribution < -0.4 is 10.6 Å². The maximum atomic E-state index is 11.8. The van der Waals surface area contributed by atoms with Crippen LogP contribution in [0.5, 0.6) is 5.75 Å². The van der Waals surface area contributed by atoms with Crippen molar-refractivity contribution < 1.29 is 14.7 Å². The van der Waals surface area contributed by atoms with E-state index in [9.17, 15) is 14.7 Å². The molecular weight excluding hydrogens is 316 g/mol. The molecule has 6 heteroatoms. The van der Waals surface area contributed by atoms with Gasteiger partial charge >= 0.3 is 0 Å². The minimum Gasteiger partial charge on any atom is -0.508 e. The Morgan fingerprint density at radius 2 is 1.96 bits per heavy atom. The van der Waals surface area contributed by atoms with Crippen LogP contribution in [-0.4, -0.2) is 23.5 Å². The van der Waals surface area contributed by atoms with Gasteiger partial charge in [0.2, 0.25) is 0 Å². The highest BCUT2D eigenvalue weighted by Crippen LogP contribution is 2.25. The molecule has 0 saturated heterocycles. The normalized spacial score (nSPS) is 12.9. The number of phenols is 1. The molecule has 2 amide bonds. The molecule has 0 unspecified atom stereocenters. The van der Waals surface area contributed by atoms with Gasteiger partial charge in [-0.1, -0.05) is 17.7 Å². The molecule has 3 N–H and O–H groups in total. The van der Waals surface area contributed by atoms with Gasteiger partial charge in [0, 0.05) is 17.3 Å². The molecule has 0 fully saturated rings. The monoisotopic (exact) mass is 330 g/mol. The van der Waals surface area contributed by atoms with Gasteiger partial charge in [0.05, 0.1) is 11.1 Å². The van der Waals surface area contributed by atoms with Crippen LogP contribution in [0.2, 0.25) is 5.02 Å². The fourth-order valence-electron chi connectivity index (χ4n) is 2.62. The summed E-state index contributed by atoms with van der Waals surface area (Å²) >= 11 is 5.92. The fraction of sp³-hybridized carbons (Fsp3) is 0.176. The number of anilines is 1. The fourth-order valence-corrected chi connectivity index (χ4v) is 2.82. The van der Waals surface area contributed by atoms with Crippen LogP contribution in [0.1, 0.15) is 32.7 Å². The number of hydrogen-bond donors (Lipinski definition) is 3. The molecule has 23 heavy (non-hydrogen) atoms. The number of fused-ring (bicyclic) bond motifs is 1. The van der Waals surface area contributed by atoms with E-state index >= 15 is 0 Å². The lowest BCUT2D eigenvalue weighted by molar-refractivity contribution is 0.0880. The number of imide groups is 1. The minimum atomic E-state index is -0.374. The third-order valence-corrected chi connectivity index (χ3v) is 3.98. The van der Waals surface area contributed by atoms with Crippen molar-refractivity contribution in [2.75, 3.05) is 11.9 Å². The number of phenolic OH excluding ortho intramolecular Hbond substituents is 1. The van der Waals surface area contributed by atoms with E-state index in [0.717, 1.165) is 12.0 Å². The third-order valence-electron chi connectivity index (χ3n) is 3.74. The molecule has 1 heterocycles. The molecule has 1 aliphatic heterocycles. The largest absolute Gasteiger partial charge is 0.508 e. The maximum absolute atomic E-state index is 11.8. The summed E-state index contributed by atoms with van der Waals surface area (Å²) in [7, 11) is 0. The Hall–Kier alpha value is -2.53. The molecule has 0 spiro atoms. The van der Waals surface area contributed by atoms with E-state index in [1.165, 1.54) is 0 Å². The Balaban J connectivity index is 1.63. The number of benzene rings is 2. The second-order valence-corrected chi connectivity index (χ2v) is 5.75. The number of nitrogens with one attached hydrogen (secondary N) is 2. The summed E-state index contributed by atoms with van der Waals surface area (Å²) in [5.41, 5.74) is 2.21. The maximum Gasteiger partial charge on any atom is 0.261 e. The number of carbonyl (C=O) groups is 2. The molecule has 0 bridgehead atoms. The number of aromatic hydroxyl groups is 1. The van der Waals surface area contributed by atoms with Crippen molar-refractivity contribution in [2.24, 2.45) is 0 Å². The van der Waals surface area contributed by atoms with Crippen molar-refractivity contribution in [3.8, 4) is 5.75 Å². The van der Waals surface area contributed by atoms with E-state index in [4.69, 9.17) is 11.6 Å². The van der Waals surface area contributed by atoms with Crippen molar-refractivity contribution in [2.45, 2.75) is 12.8 Å². The number of carbonyl (C=O) groups excluding carboxylic acids is 2. The summed E-state index contributed by atoms with van der Waals surface area (Å²) in [5, 5.41) is 15.8. The number of hydrogen-bond acceptors (Lipinski definition) is 4. The predicted molar refractivity (Wildman–Crippen MR) is 88.2 cm³/mol. The first-order chi connectivity index (χ1) is 11.1. The third kappa shape index (κ3) is 3.14. The molecule has 118 valence electrons. The molecule has 1 aliphatic rings. The minimum absolute atomic E-state index is 0.222. The molecule has 2 aromatic rings. The van der Waals surface area contributed by atoms with Gasteiger partial charge in [0.1, 0.15) is 5.75 Å². The van der Waals surface area contributed by atoms with Crippen LogP contribution in [0.25, 0.3) is 0 Å². The number of rotatable bonds is 5. The van der Waals surface area contributed by atoms with Crippen molar-refractivity contribution in [1.82, 2.24) is 5.32 Å². The zero-order valence-corrected chi connectivity index (χ0v) is 13.0. The zero-order chi connectivity index (χ0) is 16.4. The Morgan fingerprint density at radius 1 is 1.13 bits per heavy atom. The number of amides is 2. The van der Waals surface area contributed by atoms with E-state index in [-0.39, 0.29) is 17.6 Å². The van der Waals surface area contributed by atoms with E-state index in [1.807, 2.05) is 0 Å². The van der Waals surface area contributed by atoms with Gasteiger partial charge in [-0.25, -0.2) is 0 Å². The van der Waals surface area contributed by atoms with Crippen LogP contribution in [0.3, 0.4) is 0 Å².